The van der Waals surface area contributed by atoms with Gasteiger partial charge < -0.3 is 13.7 Å². The van der Waals surface area contributed by atoms with E-state index in [1.165, 1.54) is 23.4 Å². The minimum Gasteiger partial charge on any atom is -0.479 e. The van der Waals surface area contributed by atoms with E-state index in [1.54, 1.807) is 37.3 Å². The number of hydrogen-bond acceptors (Lipinski definition) is 7. The van der Waals surface area contributed by atoms with Gasteiger partial charge in [-0.2, -0.15) is 0 Å². The molecule has 0 bridgehead atoms. The summed E-state index contributed by atoms with van der Waals surface area (Å²) in [6.45, 7) is 8.34. The lowest BCUT2D eigenvalue weighted by Gasteiger charge is -2.16. The van der Waals surface area contributed by atoms with Crippen LogP contribution in [-0.2, 0) is 8.98 Å². The Bertz CT molecular complexity index is 988. The standard InChI is InChI=1S/C20H22ClNO4S2Si/c1-13(19(23)26-27-12-29(2,3)4)24-15-6-8-16(9-7-15)25-20-22-17-10-5-14(21)11-18(17)28-20/h5-11,13H,12H2,1-4H3. The van der Waals surface area contributed by atoms with E-state index in [1.807, 2.05) is 12.1 Å². The highest BCUT2D eigenvalue weighted by molar-refractivity contribution is 7.96. The molecule has 3 rings (SSSR count). The van der Waals surface area contributed by atoms with Crippen LogP contribution in [0.3, 0.4) is 0 Å². The van der Waals surface area contributed by atoms with Gasteiger partial charge in [-0.3, -0.25) is 0 Å². The molecule has 0 aliphatic heterocycles. The summed E-state index contributed by atoms with van der Waals surface area (Å²) in [5, 5.41) is 2.06. The molecule has 29 heavy (non-hydrogen) atoms. The summed E-state index contributed by atoms with van der Waals surface area (Å²) in [5.74, 6) is 0.804. The first-order valence-corrected chi connectivity index (χ1v) is 14.8. The monoisotopic (exact) mass is 467 g/mol. The van der Waals surface area contributed by atoms with Crippen LogP contribution in [0, 0.1) is 0 Å². The number of carbonyl (C=O) groups is 1. The number of benzene rings is 2. The summed E-state index contributed by atoms with van der Waals surface area (Å²) in [7, 11) is -1.27. The summed E-state index contributed by atoms with van der Waals surface area (Å²) >= 11 is 8.64. The Morgan fingerprint density at radius 2 is 1.86 bits per heavy atom. The normalized spacial score (nSPS) is 12.6. The topological polar surface area (TPSA) is 57.7 Å². The van der Waals surface area contributed by atoms with Gasteiger partial charge in [0.25, 0.3) is 5.19 Å². The molecule has 0 amide bonds. The molecule has 5 nitrogen and oxygen atoms in total. The van der Waals surface area contributed by atoms with Crippen LogP contribution in [0.1, 0.15) is 6.92 Å². The van der Waals surface area contributed by atoms with E-state index in [0.29, 0.717) is 21.7 Å². The van der Waals surface area contributed by atoms with Gasteiger partial charge in [0.05, 0.1) is 30.3 Å². The fourth-order valence-electron chi connectivity index (χ4n) is 2.19. The number of aromatic nitrogens is 1. The van der Waals surface area contributed by atoms with E-state index >= 15 is 0 Å². The Kier molecular flexibility index (Phi) is 7.10. The van der Waals surface area contributed by atoms with Gasteiger partial charge in [-0.1, -0.05) is 42.6 Å². The highest BCUT2D eigenvalue weighted by atomic mass is 35.5. The van der Waals surface area contributed by atoms with Crippen molar-refractivity contribution in [1.82, 2.24) is 4.98 Å². The van der Waals surface area contributed by atoms with E-state index in [0.717, 1.165) is 15.6 Å². The first kappa shape index (κ1) is 22.0. The van der Waals surface area contributed by atoms with E-state index in [9.17, 15) is 4.79 Å². The van der Waals surface area contributed by atoms with E-state index < -0.39 is 14.2 Å². The van der Waals surface area contributed by atoms with Crippen molar-refractivity contribution in [1.29, 1.82) is 0 Å². The maximum Gasteiger partial charge on any atom is 0.359 e. The first-order valence-electron chi connectivity index (χ1n) is 9.04. The van der Waals surface area contributed by atoms with E-state index in [4.69, 9.17) is 25.3 Å². The molecule has 0 radical (unpaired) electrons. The Morgan fingerprint density at radius 1 is 1.17 bits per heavy atom. The number of halogens is 1. The number of thiazole rings is 1. The Labute approximate surface area is 184 Å². The zero-order valence-electron chi connectivity index (χ0n) is 16.6. The molecular formula is C20H22ClNO4S2Si. The van der Waals surface area contributed by atoms with Crippen LogP contribution in [0.25, 0.3) is 10.2 Å². The molecule has 0 spiro atoms. The van der Waals surface area contributed by atoms with Crippen LogP contribution in [-0.4, -0.2) is 30.5 Å². The number of hydrogen-bond donors (Lipinski definition) is 0. The number of carbonyl (C=O) groups excluding carboxylic acids is 1. The van der Waals surface area contributed by atoms with Crippen LogP contribution in [0.5, 0.6) is 16.7 Å². The van der Waals surface area contributed by atoms with E-state index in [2.05, 4.69) is 24.6 Å². The number of nitrogens with zero attached hydrogens (tertiary/aromatic N) is 1. The fraction of sp³-hybridized carbons (Fsp3) is 0.300. The zero-order valence-corrected chi connectivity index (χ0v) is 20.0. The molecule has 9 heteroatoms. The summed E-state index contributed by atoms with van der Waals surface area (Å²) < 4.78 is 17.7. The molecule has 2 aromatic carbocycles. The molecule has 0 N–H and O–H groups in total. The molecule has 1 unspecified atom stereocenters. The molecule has 0 aliphatic carbocycles. The summed E-state index contributed by atoms with van der Waals surface area (Å²) in [6.07, 6.45) is -0.690. The van der Waals surface area contributed by atoms with Crippen LogP contribution in [0.4, 0.5) is 0 Å². The summed E-state index contributed by atoms with van der Waals surface area (Å²) in [4.78, 5) is 16.5. The van der Waals surface area contributed by atoms with Crippen molar-refractivity contribution in [3.05, 3.63) is 47.5 Å². The molecule has 1 heterocycles. The van der Waals surface area contributed by atoms with Gasteiger partial charge in [-0.15, -0.1) is 0 Å². The molecule has 154 valence electrons. The van der Waals surface area contributed by atoms with Crippen LogP contribution in [0.15, 0.2) is 42.5 Å². The van der Waals surface area contributed by atoms with Crippen molar-refractivity contribution in [2.24, 2.45) is 0 Å². The van der Waals surface area contributed by atoms with Crippen molar-refractivity contribution < 1.29 is 18.5 Å². The zero-order chi connectivity index (χ0) is 21.0. The second-order valence-corrected chi connectivity index (χ2v) is 15.8. The second kappa shape index (κ2) is 9.38. The first-order chi connectivity index (χ1) is 13.7. The van der Waals surface area contributed by atoms with Gasteiger partial charge in [0, 0.05) is 10.4 Å². The molecule has 0 saturated heterocycles. The van der Waals surface area contributed by atoms with Crippen LogP contribution < -0.4 is 9.47 Å². The second-order valence-electron chi connectivity index (χ2n) is 7.65. The van der Waals surface area contributed by atoms with Gasteiger partial charge in [-0.05, 0) is 49.4 Å². The SMILES string of the molecule is CC(Oc1ccc(Oc2nc3ccc(Cl)cc3s2)cc1)C(=O)OSC[Si](C)(C)C. The average molecular weight is 468 g/mol. The third-order valence-electron chi connectivity index (χ3n) is 3.64. The van der Waals surface area contributed by atoms with Gasteiger partial charge in [0.2, 0.25) is 0 Å². The maximum absolute atomic E-state index is 12.1. The lowest BCUT2D eigenvalue weighted by molar-refractivity contribution is -0.139. The minimum atomic E-state index is -1.27. The lowest BCUT2D eigenvalue weighted by Crippen LogP contribution is -2.27. The molecule has 0 aliphatic rings. The van der Waals surface area contributed by atoms with E-state index in [-0.39, 0.29) is 5.97 Å². The molecule has 3 aromatic rings. The summed E-state index contributed by atoms with van der Waals surface area (Å²) in [6, 6.07) is 12.6. The number of fused-ring (bicyclic) bond motifs is 1. The van der Waals surface area contributed by atoms with Crippen molar-refractivity contribution in [3.8, 4) is 16.7 Å². The van der Waals surface area contributed by atoms with Gasteiger partial charge in [0.15, 0.2) is 6.10 Å². The maximum atomic E-state index is 12.1. The predicted octanol–water partition coefficient (Wildman–Crippen LogP) is 6.58. The molecular weight excluding hydrogens is 446 g/mol. The molecule has 0 saturated carbocycles. The van der Waals surface area contributed by atoms with Crippen molar-refractivity contribution >= 4 is 59.2 Å². The Hall–Kier alpha value is -1.74. The van der Waals surface area contributed by atoms with Gasteiger partial charge in [-0.25, -0.2) is 9.78 Å². The summed E-state index contributed by atoms with van der Waals surface area (Å²) in [5.41, 5.74) is 0.841. The number of rotatable bonds is 8. The van der Waals surface area contributed by atoms with Crippen LogP contribution >= 0.6 is 35.0 Å². The highest BCUT2D eigenvalue weighted by Gasteiger charge is 2.20. The van der Waals surface area contributed by atoms with Crippen LogP contribution in [0.2, 0.25) is 24.7 Å². The average Bonchev–Trinajstić information content (AvgIpc) is 3.03. The smallest absolute Gasteiger partial charge is 0.359 e. The predicted molar refractivity (Wildman–Crippen MR) is 123 cm³/mol. The third-order valence-corrected chi connectivity index (χ3v) is 8.99. The Morgan fingerprint density at radius 3 is 2.55 bits per heavy atom. The lowest BCUT2D eigenvalue weighted by atomic mass is 10.3. The van der Waals surface area contributed by atoms with Gasteiger partial charge in [0.1, 0.15) is 11.5 Å². The molecule has 1 aromatic heterocycles. The molecule has 0 fully saturated rings. The van der Waals surface area contributed by atoms with Gasteiger partial charge >= 0.3 is 5.97 Å². The van der Waals surface area contributed by atoms with Crippen molar-refractivity contribution in [2.75, 3.05) is 5.38 Å². The highest BCUT2D eigenvalue weighted by Crippen LogP contribution is 2.33. The fourth-order valence-corrected chi connectivity index (χ4v) is 5.20. The minimum absolute atomic E-state index is 0.387. The Balaban J connectivity index is 1.54. The molecule has 1 atom stereocenters. The third kappa shape index (κ3) is 6.63. The quantitative estimate of drug-likeness (QED) is 0.275. The largest absolute Gasteiger partial charge is 0.479 e. The number of ether oxygens (including phenoxy) is 2. The van der Waals surface area contributed by atoms with Crippen molar-refractivity contribution in [2.45, 2.75) is 32.7 Å². The van der Waals surface area contributed by atoms with Crippen molar-refractivity contribution in [3.63, 3.8) is 0 Å².